The third-order valence-corrected chi connectivity index (χ3v) is 3.49. The van der Waals surface area contributed by atoms with Crippen LogP contribution in [0.1, 0.15) is 59.7 Å². The molecule has 1 amide bonds. The Labute approximate surface area is 108 Å². The van der Waals surface area contributed by atoms with Crippen molar-refractivity contribution in [2.45, 2.75) is 45.1 Å². The SMILES string of the molecule is CC(=O)c1ccc(C(=O)NC2CCCCC2)cc1. The van der Waals surface area contributed by atoms with E-state index in [-0.39, 0.29) is 11.7 Å². The molecule has 3 heteroatoms. The van der Waals surface area contributed by atoms with Crippen LogP contribution in [0.2, 0.25) is 0 Å². The smallest absolute Gasteiger partial charge is 0.251 e. The van der Waals surface area contributed by atoms with Gasteiger partial charge in [-0.1, -0.05) is 31.4 Å². The van der Waals surface area contributed by atoms with E-state index in [2.05, 4.69) is 5.32 Å². The Balaban J connectivity index is 1.97. The summed E-state index contributed by atoms with van der Waals surface area (Å²) in [7, 11) is 0. The fraction of sp³-hybridized carbons (Fsp3) is 0.467. The quantitative estimate of drug-likeness (QED) is 0.832. The summed E-state index contributed by atoms with van der Waals surface area (Å²) in [4.78, 5) is 23.1. The van der Waals surface area contributed by atoms with E-state index >= 15 is 0 Å². The lowest BCUT2D eigenvalue weighted by molar-refractivity contribution is 0.0926. The van der Waals surface area contributed by atoms with Crippen molar-refractivity contribution in [2.24, 2.45) is 0 Å². The van der Waals surface area contributed by atoms with Gasteiger partial charge < -0.3 is 5.32 Å². The molecular formula is C15H19NO2. The van der Waals surface area contributed by atoms with Gasteiger partial charge in [0.15, 0.2) is 5.78 Å². The predicted molar refractivity (Wildman–Crippen MR) is 70.8 cm³/mol. The maximum absolute atomic E-state index is 12.0. The van der Waals surface area contributed by atoms with Crippen LogP contribution in [-0.2, 0) is 0 Å². The standard InChI is InChI=1S/C15H19NO2/c1-11(17)12-7-9-13(10-8-12)15(18)16-14-5-3-2-4-6-14/h7-10,14H,2-6H2,1H3,(H,16,18). The number of nitrogens with one attached hydrogen (secondary N) is 1. The number of rotatable bonds is 3. The van der Waals surface area contributed by atoms with Crippen LogP contribution in [0.3, 0.4) is 0 Å². The van der Waals surface area contributed by atoms with Gasteiger partial charge in [-0.25, -0.2) is 0 Å². The fourth-order valence-electron chi connectivity index (χ4n) is 2.37. The molecule has 18 heavy (non-hydrogen) atoms. The van der Waals surface area contributed by atoms with Crippen LogP contribution >= 0.6 is 0 Å². The van der Waals surface area contributed by atoms with Crippen LogP contribution in [0, 0.1) is 0 Å². The molecular weight excluding hydrogens is 226 g/mol. The van der Waals surface area contributed by atoms with E-state index in [9.17, 15) is 9.59 Å². The van der Waals surface area contributed by atoms with Crippen LogP contribution in [-0.4, -0.2) is 17.7 Å². The van der Waals surface area contributed by atoms with Gasteiger partial charge in [-0.3, -0.25) is 9.59 Å². The van der Waals surface area contributed by atoms with E-state index in [4.69, 9.17) is 0 Å². The van der Waals surface area contributed by atoms with E-state index in [1.807, 2.05) is 0 Å². The summed E-state index contributed by atoms with van der Waals surface area (Å²) in [6.07, 6.45) is 5.84. The van der Waals surface area contributed by atoms with Crippen molar-refractivity contribution in [2.75, 3.05) is 0 Å². The van der Waals surface area contributed by atoms with E-state index in [1.54, 1.807) is 24.3 Å². The molecule has 0 aromatic heterocycles. The first-order chi connectivity index (χ1) is 8.66. The van der Waals surface area contributed by atoms with Gasteiger partial charge in [0, 0.05) is 17.2 Å². The van der Waals surface area contributed by atoms with Gasteiger partial charge in [0.05, 0.1) is 0 Å². The molecule has 1 aliphatic rings. The van der Waals surface area contributed by atoms with Crippen LogP contribution < -0.4 is 5.32 Å². The molecule has 3 nitrogen and oxygen atoms in total. The van der Waals surface area contributed by atoms with Crippen molar-refractivity contribution in [3.8, 4) is 0 Å². The summed E-state index contributed by atoms with van der Waals surface area (Å²) in [6, 6.07) is 7.17. The zero-order valence-electron chi connectivity index (χ0n) is 10.7. The number of hydrogen-bond donors (Lipinski definition) is 1. The molecule has 1 aromatic carbocycles. The van der Waals surface area contributed by atoms with Crippen molar-refractivity contribution >= 4 is 11.7 Å². The predicted octanol–water partition coefficient (Wildman–Crippen LogP) is 2.95. The molecule has 1 fully saturated rings. The summed E-state index contributed by atoms with van der Waals surface area (Å²) in [6.45, 7) is 1.52. The molecule has 1 aliphatic carbocycles. The Kier molecular flexibility index (Phi) is 4.13. The second-order valence-corrected chi connectivity index (χ2v) is 4.94. The Hall–Kier alpha value is -1.64. The highest BCUT2D eigenvalue weighted by atomic mass is 16.1. The van der Waals surface area contributed by atoms with Gasteiger partial charge in [-0.05, 0) is 31.9 Å². The van der Waals surface area contributed by atoms with Gasteiger partial charge in [-0.2, -0.15) is 0 Å². The van der Waals surface area contributed by atoms with Crippen molar-refractivity contribution in [1.82, 2.24) is 5.32 Å². The largest absolute Gasteiger partial charge is 0.349 e. The van der Waals surface area contributed by atoms with Gasteiger partial charge in [0.2, 0.25) is 0 Å². The van der Waals surface area contributed by atoms with Crippen molar-refractivity contribution in [3.05, 3.63) is 35.4 Å². The maximum atomic E-state index is 12.0. The summed E-state index contributed by atoms with van der Waals surface area (Å²) < 4.78 is 0. The molecule has 0 aliphatic heterocycles. The highest BCUT2D eigenvalue weighted by molar-refractivity contribution is 5.97. The molecule has 0 radical (unpaired) electrons. The minimum absolute atomic E-state index is 0.0224. The molecule has 0 bridgehead atoms. The van der Waals surface area contributed by atoms with Crippen molar-refractivity contribution < 1.29 is 9.59 Å². The fourth-order valence-corrected chi connectivity index (χ4v) is 2.37. The Morgan fingerprint density at radius 2 is 1.56 bits per heavy atom. The Morgan fingerprint density at radius 1 is 1.00 bits per heavy atom. The highest BCUT2D eigenvalue weighted by Gasteiger charge is 2.16. The van der Waals surface area contributed by atoms with E-state index in [1.165, 1.54) is 26.2 Å². The summed E-state index contributed by atoms with van der Waals surface area (Å²) >= 11 is 0. The Morgan fingerprint density at radius 3 is 2.11 bits per heavy atom. The number of Topliss-reactive ketones (excluding diaryl/α,β-unsaturated/α-hetero) is 1. The summed E-state index contributed by atoms with van der Waals surface area (Å²) in [5, 5.41) is 3.06. The topological polar surface area (TPSA) is 46.2 Å². The minimum Gasteiger partial charge on any atom is -0.349 e. The van der Waals surface area contributed by atoms with E-state index in [0.717, 1.165) is 12.8 Å². The van der Waals surface area contributed by atoms with E-state index < -0.39 is 0 Å². The third kappa shape index (κ3) is 3.19. The minimum atomic E-state index is -0.0306. The lowest BCUT2D eigenvalue weighted by Crippen LogP contribution is -2.36. The average Bonchev–Trinajstić information content (AvgIpc) is 2.40. The molecule has 0 saturated heterocycles. The molecule has 2 rings (SSSR count). The average molecular weight is 245 g/mol. The first-order valence-corrected chi connectivity index (χ1v) is 6.58. The molecule has 0 spiro atoms. The summed E-state index contributed by atoms with van der Waals surface area (Å²) in [5.41, 5.74) is 1.27. The van der Waals surface area contributed by atoms with Crippen LogP contribution in [0.4, 0.5) is 0 Å². The van der Waals surface area contributed by atoms with Crippen molar-refractivity contribution in [3.63, 3.8) is 0 Å². The number of carbonyl (C=O) groups is 2. The van der Waals surface area contributed by atoms with Crippen LogP contribution in [0.15, 0.2) is 24.3 Å². The van der Waals surface area contributed by atoms with E-state index in [0.29, 0.717) is 17.2 Å². The monoisotopic (exact) mass is 245 g/mol. The van der Waals surface area contributed by atoms with Gasteiger partial charge in [-0.15, -0.1) is 0 Å². The normalized spacial score (nSPS) is 16.3. The third-order valence-electron chi connectivity index (χ3n) is 3.49. The molecule has 96 valence electrons. The highest BCUT2D eigenvalue weighted by Crippen LogP contribution is 2.18. The zero-order chi connectivity index (χ0) is 13.0. The Bertz CT molecular complexity index is 430. The lowest BCUT2D eigenvalue weighted by atomic mass is 9.95. The first kappa shape index (κ1) is 12.8. The van der Waals surface area contributed by atoms with Crippen LogP contribution in [0.25, 0.3) is 0 Å². The summed E-state index contributed by atoms with van der Waals surface area (Å²) in [5.74, 6) is -0.00811. The second-order valence-electron chi connectivity index (χ2n) is 4.94. The molecule has 1 saturated carbocycles. The number of benzene rings is 1. The molecule has 0 unspecified atom stereocenters. The zero-order valence-corrected chi connectivity index (χ0v) is 10.7. The number of amides is 1. The number of ketones is 1. The molecule has 0 atom stereocenters. The lowest BCUT2D eigenvalue weighted by Gasteiger charge is -2.22. The molecule has 1 N–H and O–H groups in total. The molecule has 0 heterocycles. The van der Waals surface area contributed by atoms with Crippen LogP contribution in [0.5, 0.6) is 0 Å². The van der Waals surface area contributed by atoms with Gasteiger partial charge in [0.1, 0.15) is 0 Å². The van der Waals surface area contributed by atoms with Crippen molar-refractivity contribution in [1.29, 1.82) is 0 Å². The van der Waals surface area contributed by atoms with Gasteiger partial charge in [0.25, 0.3) is 5.91 Å². The number of hydrogen-bond acceptors (Lipinski definition) is 2. The number of carbonyl (C=O) groups excluding carboxylic acids is 2. The first-order valence-electron chi connectivity index (χ1n) is 6.58. The van der Waals surface area contributed by atoms with Gasteiger partial charge >= 0.3 is 0 Å². The maximum Gasteiger partial charge on any atom is 0.251 e. The molecule has 1 aromatic rings. The second kappa shape index (κ2) is 5.80.